The molecule has 0 aromatic carbocycles. The Balaban J connectivity index is 0.000000351. The van der Waals surface area contributed by atoms with Crippen LogP contribution in [-0.2, 0) is 40.2 Å². The van der Waals surface area contributed by atoms with Crippen LogP contribution < -0.4 is 16.8 Å². The van der Waals surface area contributed by atoms with Crippen LogP contribution in [0.25, 0.3) is 5.82 Å². The number of halogens is 6. The Kier molecular flexibility index (Phi) is 12.8. The summed E-state index contributed by atoms with van der Waals surface area (Å²) in [5.41, 5.74) is 0.141. The summed E-state index contributed by atoms with van der Waals surface area (Å²) in [6.45, 7) is 1.40. The highest BCUT2D eigenvalue weighted by atomic mass is 32.2. The van der Waals surface area contributed by atoms with Gasteiger partial charge in [-0.15, -0.1) is 0 Å². The minimum Gasteiger partial charge on any atom is -0.466 e. The third kappa shape index (κ3) is 12.1. The predicted molar refractivity (Wildman–Crippen MR) is 140 cm³/mol. The highest BCUT2D eigenvalue weighted by Crippen LogP contribution is 2.26. The van der Waals surface area contributed by atoms with Crippen LogP contribution in [0.4, 0.5) is 32.2 Å². The maximum atomic E-state index is 12.4. The molecule has 0 fully saturated rings. The zero-order valence-corrected chi connectivity index (χ0v) is 24.4. The molecule has 3 heterocycles. The molecular formula is C22H24F6N6O8S2. The highest BCUT2D eigenvalue weighted by Gasteiger charge is 2.39. The van der Waals surface area contributed by atoms with E-state index in [1.54, 1.807) is 0 Å². The molecule has 0 aliphatic carbocycles. The van der Waals surface area contributed by atoms with Crippen LogP contribution in [0.1, 0.15) is 19.0 Å². The van der Waals surface area contributed by atoms with Gasteiger partial charge in [-0.2, -0.15) is 26.3 Å². The molecule has 3 aromatic rings. The fourth-order valence-electron chi connectivity index (χ4n) is 2.56. The first-order valence-electron chi connectivity index (χ1n) is 11.4. The molecule has 3 rings (SSSR count). The third-order valence-electron chi connectivity index (χ3n) is 4.64. The van der Waals surface area contributed by atoms with Crippen LogP contribution in [-0.4, -0.2) is 73.6 Å². The molecule has 0 spiro atoms. The van der Waals surface area contributed by atoms with E-state index in [0.717, 1.165) is 30.8 Å². The minimum absolute atomic E-state index is 0.0377. The summed E-state index contributed by atoms with van der Waals surface area (Å²) in [5.74, 6) is 2.10. The maximum Gasteiger partial charge on any atom is 0.450 e. The first kappa shape index (κ1) is 37.7. The van der Waals surface area contributed by atoms with Crippen molar-refractivity contribution in [1.29, 1.82) is 0 Å². The first-order chi connectivity index (χ1) is 20.0. The van der Waals surface area contributed by atoms with E-state index in [-0.39, 0.29) is 22.2 Å². The second kappa shape index (κ2) is 14.9. The summed E-state index contributed by atoms with van der Waals surface area (Å²) >= 11 is 0. The topological polar surface area (TPSA) is 213 Å². The van der Waals surface area contributed by atoms with Crippen molar-refractivity contribution >= 4 is 37.2 Å². The van der Waals surface area contributed by atoms with E-state index in [1.165, 1.54) is 25.3 Å². The molecule has 0 aliphatic heterocycles. The Hall–Kier alpha value is -4.31. The second-order valence-corrected chi connectivity index (χ2v) is 12.2. The lowest BCUT2D eigenvalue weighted by molar-refractivity contribution is -0.174. The van der Waals surface area contributed by atoms with Crippen LogP contribution in [0.15, 0.2) is 57.3 Å². The number of pyridine rings is 2. The number of rotatable bonds is 7. The highest BCUT2D eigenvalue weighted by molar-refractivity contribution is 7.91. The van der Waals surface area contributed by atoms with Gasteiger partial charge >= 0.3 is 18.3 Å². The van der Waals surface area contributed by atoms with Crippen molar-refractivity contribution in [2.45, 2.75) is 35.5 Å². The van der Waals surface area contributed by atoms with Crippen molar-refractivity contribution in [3.63, 3.8) is 0 Å². The fraction of sp³-hybridized carbons (Fsp3) is 0.318. The van der Waals surface area contributed by atoms with E-state index < -0.39 is 61.5 Å². The number of Topliss-reactive ketones (excluding diaryl/α,β-unsaturated/α-hetero) is 1. The number of H-pyrrole nitrogens is 1. The van der Waals surface area contributed by atoms with E-state index in [0.29, 0.717) is 16.6 Å². The second-order valence-electron chi connectivity index (χ2n) is 8.16. The van der Waals surface area contributed by atoms with Gasteiger partial charge < -0.3 is 10.2 Å². The third-order valence-corrected chi connectivity index (χ3v) is 6.84. The van der Waals surface area contributed by atoms with E-state index >= 15 is 0 Å². The zero-order chi connectivity index (χ0) is 34.1. The number of ether oxygens (including phenoxy) is 1. The number of hydrogen-bond donors (Lipinski definition) is 3. The lowest BCUT2D eigenvalue weighted by atomic mass is 10.3. The van der Waals surface area contributed by atoms with Gasteiger partial charge in [0.1, 0.15) is 17.9 Å². The molecule has 244 valence electrons. The molecule has 0 aliphatic rings. The SMILES string of the molecule is CCOC(=O)CC(=O)C(F)(F)F.CS(=O)(=O)c1ccc(-n2[nH]c(C(F)(F)F)cc2=O)nc1.CS(=O)(=O)c1ccc(NN)nc1. The normalized spacial score (nSPS) is 11.8. The largest absolute Gasteiger partial charge is 0.466 e. The Morgan fingerprint density at radius 2 is 1.48 bits per heavy atom. The van der Waals surface area contributed by atoms with Crippen molar-refractivity contribution in [3.05, 3.63) is 58.8 Å². The number of aromatic nitrogens is 4. The van der Waals surface area contributed by atoms with Gasteiger partial charge in [0.25, 0.3) is 5.56 Å². The molecule has 14 nitrogen and oxygen atoms in total. The van der Waals surface area contributed by atoms with Crippen molar-refractivity contribution in [3.8, 4) is 5.82 Å². The Bertz CT molecular complexity index is 1700. The summed E-state index contributed by atoms with van der Waals surface area (Å²) in [5, 5.41) is 1.86. The summed E-state index contributed by atoms with van der Waals surface area (Å²) in [6.07, 6.45) is -6.57. The summed E-state index contributed by atoms with van der Waals surface area (Å²) in [4.78, 5) is 39.4. The number of esters is 1. The van der Waals surface area contributed by atoms with Gasteiger partial charge in [0.2, 0.25) is 5.78 Å². The summed E-state index contributed by atoms with van der Waals surface area (Å²) in [6, 6.07) is 5.62. The number of hydrogen-bond acceptors (Lipinski definition) is 12. The van der Waals surface area contributed by atoms with Crippen molar-refractivity contribution in [2.24, 2.45) is 5.84 Å². The van der Waals surface area contributed by atoms with E-state index in [9.17, 15) is 57.6 Å². The van der Waals surface area contributed by atoms with E-state index in [2.05, 4.69) is 20.1 Å². The fourth-order valence-corrected chi connectivity index (χ4v) is 3.68. The quantitative estimate of drug-likeness (QED) is 0.107. The number of nitrogens with two attached hydrogens (primary N) is 1. The molecule has 0 bridgehead atoms. The first-order valence-corrected chi connectivity index (χ1v) is 15.2. The molecule has 4 N–H and O–H groups in total. The summed E-state index contributed by atoms with van der Waals surface area (Å²) in [7, 11) is -6.63. The van der Waals surface area contributed by atoms with E-state index in [4.69, 9.17) is 5.84 Å². The van der Waals surface area contributed by atoms with Crippen molar-refractivity contribution < 1.29 is 57.5 Å². The van der Waals surface area contributed by atoms with Gasteiger partial charge in [-0.05, 0) is 31.2 Å². The maximum absolute atomic E-state index is 12.4. The monoisotopic (exact) mass is 678 g/mol. The molecule has 0 saturated heterocycles. The van der Waals surface area contributed by atoms with Crippen molar-refractivity contribution in [1.82, 2.24) is 19.7 Å². The summed E-state index contributed by atoms with van der Waals surface area (Å²) < 4.78 is 121. The number of ketones is 1. The van der Waals surface area contributed by atoms with Crippen LogP contribution in [0.3, 0.4) is 0 Å². The Morgan fingerprint density at radius 1 is 0.955 bits per heavy atom. The molecule has 3 aromatic heterocycles. The van der Waals surface area contributed by atoms with Crippen LogP contribution in [0.5, 0.6) is 0 Å². The molecule has 22 heteroatoms. The molecule has 0 atom stereocenters. The van der Waals surface area contributed by atoms with Crippen LogP contribution in [0.2, 0.25) is 0 Å². The van der Waals surface area contributed by atoms with E-state index in [1.807, 2.05) is 5.10 Å². The van der Waals surface area contributed by atoms with Gasteiger partial charge in [-0.3, -0.25) is 19.5 Å². The molecular weight excluding hydrogens is 654 g/mol. The van der Waals surface area contributed by atoms with Gasteiger partial charge in [0, 0.05) is 31.0 Å². The predicted octanol–water partition coefficient (Wildman–Crippen LogP) is 1.82. The van der Waals surface area contributed by atoms with Crippen molar-refractivity contribution in [2.75, 3.05) is 24.5 Å². The number of hydrazine groups is 1. The molecule has 44 heavy (non-hydrogen) atoms. The molecule has 0 saturated carbocycles. The van der Waals surface area contributed by atoms with Gasteiger partial charge in [-0.25, -0.2) is 37.3 Å². The number of nitrogens with zero attached hydrogens (tertiary/aromatic N) is 3. The number of aromatic amines is 1. The number of alkyl halides is 6. The number of carbonyl (C=O) groups is 2. The molecule has 0 unspecified atom stereocenters. The Labute approximate surface area is 245 Å². The lowest BCUT2D eigenvalue weighted by Crippen LogP contribution is -2.26. The number of anilines is 1. The molecule has 0 amide bonds. The Morgan fingerprint density at radius 3 is 1.82 bits per heavy atom. The number of nitrogens with one attached hydrogen (secondary N) is 2. The van der Waals surface area contributed by atoms with Crippen LogP contribution >= 0.6 is 0 Å². The smallest absolute Gasteiger partial charge is 0.450 e. The van der Waals surface area contributed by atoms with Gasteiger partial charge in [0.05, 0.1) is 16.4 Å². The number of sulfone groups is 2. The standard InChI is InChI=1S/C10H8F3N3O3S.C6H7F3O3.C6H9N3O2S/c1-20(18,19)6-2-3-8(14-5-6)16-9(17)4-7(15-16)10(11,12)13;1-2-12-5(11)3-4(10)6(7,8)9;1-12(10,11)5-2-3-6(9-7)8-4-5/h2-5,15H,1H3;2-3H2,1H3;2-4H,7H2,1H3,(H,8,9). The van der Waals surface area contributed by atoms with Gasteiger partial charge in [0.15, 0.2) is 25.5 Å². The average molecular weight is 679 g/mol. The lowest BCUT2D eigenvalue weighted by Gasteiger charge is -2.04. The number of carbonyl (C=O) groups excluding carboxylic acids is 2. The molecule has 0 radical (unpaired) electrons. The van der Waals surface area contributed by atoms with Crippen LogP contribution in [0, 0.1) is 0 Å². The number of nitrogen functional groups attached to an aromatic ring is 1. The average Bonchev–Trinajstić information content (AvgIpc) is 3.30. The zero-order valence-electron chi connectivity index (χ0n) is 22.7. The van der Waals surface area contributed by atoms with Gasteiger partial charge in [-0.1, -0.05) is 0 Å². The minimum atomic E-state index is -4.95.